The first-order valence-corrected chi connectivity index (χ1v) is 9.48. The molecule has 0 fully saturated rings. The molecule has 1 amide bonds. The SMILES string of the molecule is CN(Cc1ccc(Cl)cc1)C(=O)COC(=O)c1cc(S(N)(=O)=O)ccc1F. The molecule has 0 unspecified atom stereocenters. The number of nitrogens with two attached hydrogens (primary N) is 1. The molecular weight excluding hydrogens is 399 g/mol. The average Bonchev–Trinajstić information content (AvgIpc) is 2.60. The molecule has 2 rings (SSSR count). The molecule has 10 heteroatoms. The molecule has 0 heterocycles. The number of benzene rings is 2. The van der Waals surface area contributed by atoms with Crippen LogP contribution in [0.4, 0.5) is 4.39 Å². The summed E-state index contributed by atoms with van der Waals surface area (Å²) >= 11 is 5.79. The van der Waals surface area contributed by atoms with E-state index in [1.165, 1.54) is 11.9 Å². The highest BCUT2D eigenvalue weighted by Crippen LogP contribution is 2.15. The van der Waals surface area contributed by atoms with Gasteiger partial charge in [0, 0.05) is 18.6 Å². The fourth-order valence-corrected chi connectivity index (χ4v) is 2.77. The van der Waals surface area contributed by atoms with E-state index in [4.69, 9.17) is 21.5 Å². The summed E-state index contributed by atoms with van der Waals surface area (Å²) < 4.78 is 41.2. The standard InChI is InChI=1S/C17H16ClFN2O5S/c1-21(9-11-2-4-12(18)5-3-11)16(22)10-26-17(23)14-8-13(27(20,24)25)6-7-15(14)19/h2-8H,9-10H2,1H3,(H2,20,24,25). The molecule has 0 aliphatic heterocycles. The second kappa shape index (κ2) is 8.47. The summed E-state index contributed by atoms with van der Waals surface area (Å²) in [6.45, 7) is -0.384. The topological polar surface area (TPSA) is 107 Å². The van der Waals surface area contributed by atoms with Gasteiger partial charge in [0.15, 0.2) is 6.61 Å². The number of rotatable bonds is 6. The number of ether oxygens (including phenoxy) is 1. The minimum atomic E-state index is -4.12. The number of amides is 1. The Balaban J connectivity index is 2.00. The van der Waals surface area contributed by atoms with Gasteiger partial charge in [0.25, 0.3) is 5.91 Å². The molecule has 0 aromatic heterocycles. The van der Waals surface area contributed by atoms with Crippen molar-refractivity contribution in [3.8, 4) is 0 Å². The fourth-order valence-electron chi connectivity index (χ4n) is 2.10. The van der Waals surface area contributed by atoms with Gasteiger partial charge in [0.2, 0.25) is 10.0 Å². The third kappa shape index (κ3) is 5.75. The zero-order valence-electron chi connectivity index (χ0n) is 14.2. The summed E-state index contributed by atoms with van der Waals surface area (Å²) in [5, 5.41) is 5.51. The van der Waals surface area contributed by atoms with Gasteiger partial charge in [0.1, 0.15) is 5.82 Å². The lowest BCUT2D eigenvalue weighted by Crippen LogP contribution is -2.31. The number of sulfonamides is 1. The molecule has 0 atom stereocenters. The van der Waals surface area contributed by atoms with Crippen molar-refractivity contribution in [1.29, 1.82) is 0 Å². The van der Waals surface area contributed by atoms with Crippen molar-refractivity contribution in [2.75, 3.05) is 13.7 Å². The van der Waals surface area contributed by atoms with Gasteiger partial charge in [-0.15, -0.1) is 0 Å². The zero-order valence-corrected chi connectivity index (χ0v) is 15.8. The van der Waals surface area contributed by atoms with Crippen molar-refractivity contribution in [2.24, 2.45) is 5.14 Å². The van der Waals surface area contributed by atoms with E-state index in [0.29, 0.717) is 5.02 Å². The molecule has 0 aliphatic carbocycles. The zero-order chi connectivity index (χ0) is 20.2. The molecule has 144 valence electrons. The molecule has 2 N–H and O–H groups in total. The Hall–Kier alpha value is -2.49. The largest absolute Gasteiger partial charge is 0.452 e. The van der Waals surface area contributed by atoms with E-state index in [9.17, 15) is 22.4 Å². The van der Waals surface area contributed by atoms with E-state index in [0.717, 1.165) is 23.8 Å². The van der Waals surface area contributed by atoms with Crippen LogP contribution in [-0.4, -0.2) is 38.8 Å². The van der Waals surface area contributed by atoms with Gasteiger partial charge in [-0.3, -0.25) is 4.79 Å². The monoisotopic (exact) mass is 414 g/mol. The van der Waals surface area contributed by atoms with Crippen molar-refractivity contribution in [3.63, 3.8) is 0 Å². The number of primary sulfonamides is 1. The molecule has 7 nitrogen and oxygen atoms in total. The third-order valence-corrected chi connectivity index (χ3v) is 4.73. The summed E-state index contributed by atoms with van der Waals surface area (Å²) in [5.41, 5.74) is 0.183. The lowest BCUT2D eigenvalue weighted by Gasteiger charge is -2.17. The first-order chi connectivity index (χ1) is 12.6. The summed E-state index contributed by atoms with van der Waals surface area (Å²) in [7, 11) is -2.61. The summed E-state index contributed by atoms with van der Waals surface area (Å²) in [6.07, 6.45) is 0. The summed E-state index contributed by atoms with van der Waals surface area (Å²) in [6, 6.07) is 9.30. The van der Waals surface area contributed by atoms with E-state index in [1.54, 1.807) is 24.3 Å². The van der Waals surface area contributed by atoms with Crippen LogP contribution in [0, 0.1) is 5.82 Å². The Morgan fingerprint density at radius 2 is 1.81 bits per heavy atom. The number of hydrogen-bond donors (Lipinski definition) is 1. The number of hydrogen-bond acceptors (Lipinski definition) is 5. The molecule has 0 radical (unpaired) electrons. The maximum Gasteiger partial charge on any atom is 0.341 e. The Kier molecular flexibility index (Phi) is 6.53. The number of carbonyl (C=O) groups is 2. The normalized spacial score (nSPS) is 11.1. The highest BCUT2D eigenvalue weighted by atomic mass is 35.5. The predicted octanol–water partition coefficient (Wildman–Crippen LogP) is 1.94. The fraction of sp³-hybridized carbons (Fsp3) is 0.176. The molecule has 2 aromatic carbocycles. The highest BCUT2D eigenvalue weighted by molar-refractivity contribution is 7.89. The number of nitrogens with zero attached hydrogens (tertiary/aromatic N) is 1. The van der Waals surface area contributed by atoms with Gasteiger partial charge in [-0.05, 0) is 35.9 Å². The highest BCUT2D eigenvalue weighted by Gasteiger charge is 2.20. The van der Waals surface area contributed by atoms with E-state index in [2.05, 4.69) is 0 Å². The minimum Gasteiger partial charge on any atom is -0.452 e. The lowest BCUT2D eigenvalue weighted by atomic mass is 10.2. The number of carbonyl (C=O) groups excluding carboxylic acids is 2. The van der Waals surface area contributed by atoms with Gasteiger partial charge < -0.3 is 9.64 Å². The van der Waals surface area contributed by atoms with Crippen LogP contribution in [0.15, 0.2) is 47.4 Å². The quantitative estimate of drug-likeness (QED) is 0.727. The smallest absolute Gasteiger partial charge is 0.341 e. The Morgan fingerprint density at radius 3 is 2.41 bits per heavy atom. The average molecular weight is 415 g/mol. The van der Waals surface area contributed by atoms with E-state index in [-0.39, 0.29) is 6.54 Å². The first-order valence-electron chi connectivity index (χ1n) is 7.56. The van der Waals surface area contributed by atoms with E-state index < -0.39 is 44.8 Å². The van der Waals surface area contributed by atoms with Gasteiger partial charge in [-0.1, -0.05) is 23.7 Å². The third-order valence-electron chi connectivity index (χ3n) is 3.57. The van der Waals surface area contributed by atoms with Crippen LogP contribution in [0.3, 0.4) is 0 Å². The molecule has 0 bridgehead atoms. The molecule has 0 saturated heterocycles. The van der Waals surface area contributed by atoms with Gasteiger partial charge in [-0.2, -0.15) is 0 Å². The van der Waals surface area contributed by atoms with Crippen LogP contribution in [0.1, 0.15) is 15.9 Å². The summed E-state index contributed by atoms with van der Waals surface area (Å²) in [5.74, 6) is -2.69. The van der Waals surface area contributed by atoms with Gasteiger partial charge in [-0.25, -0.2) is 22.7 Å². The molecule has 0 spiro atoms. The first kappa shape index (κ1) is 20.8. The van der Waals surface area contributed by atoms with E-state index in [1.807, 2.05) is 0 Å². The molecule has 2 aromatic rings. The molecule has 0 aliphatic rings. The van der Waals surface area contributed by atoms with Crippen LogP contribution in [-0.2, 0) is 26.1 Å². The van der Waals surface area contributed by atoms with Crippen LogP contribution < -0.4 is 5.14 Å². The molecular formula is C17H16ClFN2O5S. The van der Waals surface area contributed by atoms with Crippen LogP contribution in [0.5, 0.6) is 0 Å². The maximum atomic E-state index is 13.8. The van der Waals surface area contributed by atoms with Crippen molar-refractivity contribution >= 4 is 33.5 Å². The van der Waals surface area contributed by atoms with Crippen LogP contribution in [0.25, 0.3) is 0 Å². The van der Waals surface area contributed by atoms with Crippen molar-refractivity contribution in [3.05, 3.63) is 64.4 Å². The van der Waals surface area contributed by atoms with Gasteiger partial charge in [0.05, 0.1) is 10.5 Å². The second-order valence-electron chi connectivity index (χ2n) is 5.64. The Bertz CT molecular complexity index is 964. The Labute approximate surface area is 160 Å². The van der Waals surface area contributed by atoms with Crippen molar-refractivity contribution in [1.82, 2.24) is 4.90 Å². The van der Waals surface area contributed by atoms with Crippen molar-refractivity contribution < 1.29 is 27.1 Å². The van der Waals surface area contributed by atoms with Crippen molar-refractivity contribution in [2.45, 2.75) is 11.4 Å². The number of esters is 1. The van der Waals surface area contributed by atoms with Gasteiger partial charge >= 0.3 is 5.97 Å². The lowest BCUT2D eigenvalue weighted by molar-refractivity contribution is -0.133. The Morgan fingerprint density at radius 1 is 1.19 bits per heavy atom. The molecule has 27 heavy (non-hydrogen) atoms. The van der Waals surface area contributed by atoms with Crippen LogP contribution >= 0.6 is 11.6 Å². The minimum absolute atomic E-state index is 0.253. The summed E-state index contributed by atoms with van der Waals surface area (Å²) in [4.78, 5) is 24.9. The predicted molar refractivity (Wildman–Crippen MR) is 96.0 cm³/mol. The van der Waals surface area contributed by atoms with E-state index >= 15 is 0 Å². The number of halogens is 2. The second-order valence-corrected chi connectivity index (χ2v) is 7.64. The molecule has 0 saturated carbocycles. The number of likely N-dealkylation sites (N-methyl/N-ethyl adjacent to an activating group) is 1. The van der Waals surface area contributed by atoms with Crippen LogP contribution in [0.2, 0.25) is 5.02 Å². The maximum absolute atomic E-state index is 13.8.